The second kappa shape index (κ2) is 7.82. The molecule has 1 fully saturated rings. The summed E-state index contributed by atoms with van der Waals surface area (Å²) in [6.45, 7) is 2.70. The van der Waals surface area contributed by atoms with E-state index < -0.39 is 11.9 Å². The van der Waals surface area contributed by atoms with E-state index in [1.165, 1.54) is 0 Å². The van der Waals surface area contributed by atoms with Gasteiger partial charge in [-0.25, -0.2) is 8.78 Å². The van der Waals surface area contributed by atoms with Crippen molar-refractivity contribution in [2.75, 3.05) is 29.4 Å². The normalized spacial score (nSPS) is 20.8. The fourth-order valence-corrected chi connectivity index (χ4v) is 3.91. The fraction of sp³-hybridized carbons (Fsp3) is 0.600. The molecule has 7 heteroatoms. The Hall–Kier alpha value is -2.18. The van der Waals surface area contributed by atoms with Crippen molar-refractivity contribution in [3.8, 4) is 0 Å². The Kier molecular flexibility index (Phi) is 5.67. The predicted octanol–water partition coefficient (Wildman–Crippen LogP) is 4.02. The number of benzene rings is 1. The molecule has 1 atom stereocenters. The number of anilines is 2. The molecule has 0 aliphatic carbocycles. The molecule has 1 amide bonds. The highest BCUT2D eigenvalue weighted by Crippen LogP contribution is 2.40. The van der Waals surface area contributed by atoms with Crippen LogP contribution in [0.4, 0.5) is 20.2 Å². The first-order valence-electron chi connectivity index (χ1n) is 9.56. The lowest BCUT2D eigenvalue weighted by Crippen LogP contribution is -2.29. The number of hydrogen-bond donors (Lipinski definition) is 1. The molecule has 1 unspecified atom stereocenters. The van der Waals surface area contributed by atoms with Gasteiger partial charge in [-0.1, -0.05) is 19.4 Å². The molecule has 5 nitrogen and oxygen atoms in total. The van der Waals surface area contributed by atoms with E-state index in [0.29, 0.717) is 38.8 Å². The molecule has 1 aromatic rings. The summed E-state index contributed by atoms with van der Waals surface area (Å²) in [5, 5.41) is 8.66. The van der Waals surface area contributed by atoms with Crippen LogP contribution in [-0.2, 0) is 9.59 Å². The lowest BCUT2D eigenvalue weighted by atomic mass is 10.0. The van der Waals surface area contributed by atoms with Gasteiger partial charge in [0, 0.05) is 49.6 Å². The van der Waals surface area contributed by atoms with Crippen molar-refractivity contribution in [2.45, 2.75) is 57.3 Å². The van der Waals surface area contributed by atoms with Gasteiger partial charge < -0.3 is 14.9 Å². The van der Waals surface area contributed by atoms with Crippen LogP contribution >= 0.6 is 0 Å². The van der Waals surface area contributed by atoms with Crippen LogP contribution in [0.25, 0.3) is 0 Å². The number of carboxylic acid groups (broad SMARTS) is 1. The number of fused-ring (bicyclic) bond motifs is 1. The quantitative estimate of drug-likeness (QED) is 0.726. The molecule has 148 valence electrons. The van der Waals surface area contributed by atoms with E-state index in [-0.39, 0.29) is 31.2 Å². The zero-order valence-electron chi connectivity index (χ0n) is 15.6. The summed E-state index contributed by atoms with van der Waals surface area (Å²) in [4.78, 5) is 26.6. The molecule has 0 aromatic heterocycles. The minimum absolute atomic E-state index is 0.0137. The van der Waals surface area contributed by atoms with E-state index in [9.17, 15) is 18.4 Å². The molecule has 0 saturated carbocycles. The second-order valence-electron chi connectivity index (χ2n) is 7.63. The predicted molar refractivity (Wildman–Crippen MR) is 99.7 cm³/mol. The molecule has 0 bridgehead atoms. The summed E-state index contributed by atoms with van der Waals surface area (Å²) in [6, 6.07) is 5.69. The van der Waals surface area contributed by atoms with Gasteiger partial charge in [-0.05, 0) is 30.5 Å². The van der Waals surface area contributed by atoms with Crippen LogP contribution in [-0.4, -0.2) is 42.5 Å². The zero-order valence-corrected chi connectivity index (χ0v) is 15.6. The van der Waals surface area contributed by atoms with Crippen molar-refractivity contribution >= 4 is 23.3 Å². The number of hydrogen-bond acceptors (Lipinski definition) is 3. The van der Waals surface area contributed by atoms with Crippen molar-refractivity contribution < 1.29 is 23.5 Å². The second-order valence-corrected chi connectivity index (χ2v) is 7.63. The Labute approximate surface area is 157 Å². The summed E-state index contributed by atoms with van der Waals surface area (Å²) in [5.41, 5.74) is 2.63. The third-order valence-electron chi connectivity index (χ3n) is 5.41. The van der Waals surface area contributed by atoms with Crippen molar-refractivity contribution in [3.05, 3.63) is 23.8 Å². The van der Waals surface area contributed by atoms with Gasteiger partial charge in [0.2, 0.25) is 5.91 Å². The van der Waals surface area contributed by atoms with E-state index >= 15 is 0 Å². The first-order chi connectivity index (χ1) is 12.8. The Morgan fingerprint density at radius 3 is 2.63 bits per heavy atom. The monoisotopic (exact) mass is 380 g/mol. The zero-order chi connectivity index (χ0) is 19.6. The fourth-order valence-electron chi connectivity index (χ4n) is 3.91. The third-order valence-corrected chi connectivity index (χ3v) is 5.41. The van der Waals surface area contributed by atoms with Gasteiger partial charge in [-0.3, -0.25) is 9.59 Å². The number of amides is 1. The van der Waals surface area contributed by atoms with Crippen molar-refractivity contribution in [3.63, 3.8) is 0 Å². The maximum atomic E-state index is 13.5. The van der Waals surface area contributed by atoms with Crippen LogP contribution in [0.2, 0.25) is 0 Å². The highest BCUT2D eigenvalue weighted by Gasteiger charge is 2.39. The van der Waals surface area contributed by atoms with E-state index in [2.05, 4.69) is 6.92 Å². The van der Waals surface area contributed by atoms with Gasteiger partial charge in [-0.15, -0.1) is 0 Å². The van der Waals surface area contributed by atoms with Crippen molar-refractivity contribution in [1.29, 1.82) is 0 Å². The lowest BCUT2D eigenvalue weighted by molar-refractivity contribution is -0.137. The van der Waals surface area contributed by atoms with Gasteiger partial charge in [0.25, 0.3) is 5.92 Å². The molecule has 2 aliphatic rings. The average Bonchev–Trinajstić information content (AvgIpc) is 3.13. The number of unbranched alkanes of at least 4 members (excludes halogenated alkanes) is 2. The van der Waals surface area contributed by atoms with Crippen molar-refractivity contribution in [1.82, 2.24) is 0 Å². The number of nitrogens with zero attached hydrogens (tertiary/aromatic N) is 2. The molecule has 1 N–H and O–H groups in total. The summed E-state index contributed by atoms with van der Waals surface area (Å²) < 4.78 is 27.1. The minimum Gasteiger partial charge on any atom is -0.481 e. The molecule has 1 aromatic carbocycles. The van der Waals surface area contributed by atoms with Crippen LogP contribution in [0, 0.1) is 0 Å². The highest BCUT2D eigenvalue weighted by molar-refractivity contribution is 5.96. The Morgan fingerprint density at radius 2 is 1.96 bits per heavy atom. The molecular weight excluding hydrogens is 354 g/mol. The summed E-state index contributed by atoms with van der Waals surface area (Å²) in [5.74, 6) is -3.24. The molecule has 3 rings (SSSR count). The number of carbonyl (C=O) groups excluding carboxylic acids is 1. The smallest absolute Gasteiger partial charge is 0.303 e. The van der Waals surface area contributed by atoms with Crippen LogP contribution in [0.3, 0.4) is 0 Å². The molecule has 27 heavy (non-hydrogen) atoms. The average molecular weight is 380 g/mol. The first-order valence-corrected chi connectivity index (χ1v) is 9.56. The van der Waals surface area contributed by atoms with Gasteiger partial charge in [0.15, 0.2) is 0 Å². The summed E-state index contributed by atoms with van der Waals surface area (Å²) in [7, 11) is 0. The van der Waals surface area contributed by atoms with Crippen LogP contribution in [0.1, 0.15) is 56.9 Å². The molecule has 2 aliphatic heterocycles. The number of aliphatic carboxylic acids is 1. The molecule has 0 spiro atoms. The number of carbonyl (C=O) groups is 2. The topological polar surface area (TPSA) is 60.9 Å². The standard InChI is InChI=1S/C20H26F2N2O3/c1-14-12-24(18(25)5-3-2-4-6-19(26)27)17-11-15(7-8-16(14)17)23-10-9-20(21,22)13-23/h7-8,11,14H,2-6,9-10,12-13H2,1H3,(H,26,27). The minimum atomic E-state index is -2.65. The van der Waals surface area contributed by atoms with E-state index in [4.69, 9.17) is 5.11 Å². The van der Waals surface area contributed by atoms with Crippen LogP contribution < -0.4 is 9.80 Å². The maximum Gasteiger partial charge on any atom is 0.303 e. The van der Waals surface area contributed by atoms with Gasteiger partial charge in [0.05, 0.1) is 6.54 Å². The van der Waals surface area contributed by atoms with Gasteiger partial charge in [0.1, 0.15) is 0 Å². The highest BCUT2D eigenvalue weighted by atomic mass is 19.3. The number of halogens is 2. The Bertz CT molecular complexity index is 723. The van der Waals surface area contributed by atoms with Gasteiger partial charge in [-0.2, -0.15) is 0 Å². The molecule has 0 radical (unpaired) electrons. The number of carboxylic acids is 1. The van der Waals surface area contributed by atoms with Gasteiger partial charge >= 0.3 is 5.97 Å². The summed E-state index contributed by atoms with van der Waals surface area (Å²) >= 11 is 0. The van der Waals surface area contributed by atoms with Crippen molar-refractivity contribution in [2.24, 2.45) is 0 Å². The Morgan fingerprint density at radius 1 is 1.22 bits per heavy atom. The van der Waals surface area contributed by atoms with E-state index in [1.54, 1.807) is 9.80 Å². The SMILES string of the molecule is CC1CN(C(=O)CCCCCC(=O)O)c2cc(N3CCC(F)(F)C3)ccc21. The number of alkyl halides is 2. The number of rotatable bonds is 7. The Balaban J connectivity index is 1.65. The first kappa shape index (κ1) is 19.6. The van der Waals surface area contributed by atoms with E-state index in [1.807, 2.05) is 18.2 Å². The van der Waals surface area contributed by atoms with Crippen LogP contribution in [0.5, 0.6) is 0 Å². The summed E-state index contributed by atoms with van der Waals surface area (Å²) in [6.07, 6.45) is 2.29. The molecular formula is C20H26F2N2O3. The lowest BCUT2D eigenvalue weighted by Gasteiger charge is -2.22. The third kappa shape index (κ3) is 4.57. The van der Waals surface area contributed by atoms with Crippen LogP contribution in [0.15, 0.2) is 18.2 Å². The largest absolute Gasteiger partial charge is 0.481 e. The maximum absolute atomic E-state index is 13.5. The van der Waals surface area contributed by atoms with E-state index in [0.717, 1.165) is 16.9 Å². The molecule has 2 heterocycles. The molecule has 1 saturated heterocycles.